The van der Waals surface area contributed by atoms with Crippen molar-refractivity contribution in [2.75, 3.05) is 13.2 Å². The van der Waals surface area contributed by atoms with Crippen LogP contribution in [0.15, 0.2) is 12.3 Å². The molecule has 0 aromatic carbocycles. The summed E-state index contributed by atoms with van der Waals surface area (Å²) in [6, 6.07) is 1.93. The molecule has 0 aliphatic carbocycles. The van der Waals surface area contributed by atoms with E-state index in [0.29, 0.717) is 11.7 Å². The van der Waals surface area contributed by atoms with Crippen LogP contribution in [0.1, 0.15) is 30.3 Å². The first-order valence-electron chi connectivity index (χ1n) is 4.90. The molecule has 4 nitrogen and oxygen atoms in total. The number of nitrogens with zero attached hydrogens (tertiary/aromatic N) is 2. The number of ether oxygens (including phenoxy) is 1. The zero-order chi connectivity index (χ0) is 9.80. The lowest BCUT2D eigenvalue weighted by atomic mass is 9.96. The van der Waals surface area contributed by atoms with E-state index in [0.717, 1.165) is 31.7 Å². The van der Waals surface area contributed by atoms with Crippen LogP contribution in [0.2, 0.25) is 0 Å². The van der Waals surface area contributed by atoms with E-state index in [1.165, 1.54) is 0 Å². The van der Waals surface area contributed by atoms with Crippen molar-refractivity contribution in [3.05, 3.63) is 23.8 Å². The van der Waals surface area contributed by atoms with Crippen molar-refractivity contribution in [3.63, 3.8) is 0 Å². The van der Waals surface area contributed by atoms with Crippen LogP contribution in [0.3, 0.4) is 0 Å². The standard InChI is InChI=1S/C10H14N2O2/c13-7-10-11-4-1-9(12-10)8-2-5-14-6-3-8/h1,4,8,13H,2-3,5-7H2. The maximum atomic E-state index is 8.91. The molecule has 14 heavy (non-hydrogen) atoms. The Morgan fingerprint density at radius 2 is 2.21 bits per heavy atom. The van der Waals surface area contributed by atoms with Gasteiger partial charge >= 0.3 is 0 Å². The topological polar surface area (TPSA) is 55.2 Å². The Morgan fingerprint density at radius 3 is 2.93 bits per heavy atom. The monoisotopic (exact) mass is 194 g/mol. The van der Waals surface area contributed by atoms with Crippen molar-refractivity contribution in [2.45, 2.75) is 25.4 Å². The molecule has 1 saturated heterocycles. The van der Waals surface area contributed by atoms with Crippen molar-refractivity contribution in [3.8, 4) is 0 Å². The van der Waals surface area contributed by atoms with E-state index < -0.39 is 0 Å². The third-order valence-corrected chi connectivity index (χ3v) is 2.51. The van der Waals surface area contributed by atoms with Crippen LogP contribution in [0.4, 0.5) is 0 Å². The molecule has 1 aliphatic rings. The van der Waals surface area contributed by atoms with Crippen LogP contribution < -0.4 is 0 Å². The molecule has 0 unspecified atom stereocenters. The second kappa shape index (κ2) is 4.48. The fourth-order valence-electron chi connectivity index (χ4n) is 1.71. The van der Waals surface area contributed by atoms with E-state index in [1.807, 2.05) is 6.07 Å². The number of rotatable bonds is 2. The van der Waals surface area contributed by atoms with E-state index in [1.54, 1.807) is 6.20 Å². The molecule has 2 heterocycles. The van der Waals surface area contributed by atoms with Gasteiger partial charge in [-0.05, 0) is 18.9 Å². The number of aromatic nitrogens is 2. The molecule has 1 fully saturated rings. The molecular weight excluding hydrogens is 180 g/mol. The third kappa shape index (κ3) is 2.08. The summed E-state index contributed by atoms with van der Waals surface area (Å²) < 4.78 is 5.28. The highest BCUT2D eigenvalue weighted by Gasteiger charge is 2.17. The van der Waals surface area contributed by atoms with Gasteiger partial charge in [0.05, 0.1) is 0 Å². The first kappa shape index (κ1) is 9.55. The Bertz CT molecular complexity index is 298. The van der Waals surface area contributed by atoms with Gasteiger partial charge in [0.15, 0.2) is 5.82 Å². The number of hydrogen-bond acceptors (Lipinski definition) is 4. The normalized spacial score (nSPS) is 18.4. The Labute approximate surface area is 83.0 Å². The SMILES string of the molecule is OCc1nccc(C2CCOCC2)n1. The number of aliphatic hydroxyl groups excluding tert-OH is 1. The van der Waals surface area contributed by atoms with Crippen molar-refractivity contribution in [1.82, 2.24) is 9.97 Å². The van der Waals surface area contributed by atoms with E-state index in [2.05, 4.69) is 9.97 Å². The van der Waals surface area contributed by atoms with Gasteiger partial charge in [0, 0.05) is 31.0 Å². The fourth-order valence-corrected chi connectivity index (χ4v) is 1.71. The van der Waals surface area contributed by atoms with Gasteiger partial charge in [-0.1, -0.05) is 0 Å². The van der Waals surface area contributed by atoms with Crippen LogP contribution in [0.5, 0.6) is 0 Å². The van der Waals surface area contributed by atoms with Crippen molar-refractivity contribution in [1.29, 1.82) is 0 Å². The lowest BCUT2D eigenvalue weighted by Crippen LogP contribution is -2.15. The highest BCUT2D eigenvalue weighted by Crippen LogP contribution is 2.24. The van der Waals surface area contributed by atoms with E-state index in [9.17, 15) is 0 Å². The third-order valence-electron chi connectivity index (χ3n) is 2.51. The van der Waals surface area contributed by atoms with Gasteiger partial charge in [0.2, 0.25) is 0 Å². The molecule has 76 valence electrons. The smallest absolute Gasteiger partial charge is 0.153 e. The molecule has 1 aromatic heterocycles. The van der Waals surface area contributed by atoms with E-state index in [-0.39, 0.29) is 6.61 Å². The van der Waals surface area contributed by atoms with Crippen LogP contribution >= 0.6 is 0 Å². The van der Waals surface area contributed by atoms with Gasteiger partial charge in [0.1, 0.15) is 6.61 Å². The molecular formula is C10H14N2O2. The summed E-state index contributed by atoms with van der Waals surface area (Å²) in [6.45, 7) is 1.53. The lowest BCUT2D eigenvalue weighted by molar-refractivity contribution is 0.0843. The van der Waals surface area contributed by atoms with Crippen LogP contribution in [0.25, 0.3) is 0 Å². The highest BCUT2D eigenvalue weighted by molar-refractivity contribution is 5.08. The minimum atomic E-state index is -0.0863. The van der Waals surface area contributed by atoms with E-state index in [4.69, 9.17) is 9.84 Å². The highest BCUT2D eigenvalue weighted by atomic mass is 16.5. The molecule has 0 radical (unpaired) electrons. The van der Waals surface area contributed by atoms with Gasteiger partial charge in [-0.2, -0.15) is 0 Å². The van der Waals surface area contributed by atoms with Gasteiger partial charge in [-0.3, -0.25) is 0 Å². The first-order chi connectivity index (χ1) is 6.90. The predicted octanol–water partition coefficient (Wildman–Crippen LogP) is 0.863. The van der Waals surface area contributed by atoms with Crippen molar-refractivity contribution < 1.29 is 9.84 Å². The Hall–Kier alpha value is -1.00. The van der Waals surface area contributed by atoms with Crippen LogP contribution in [-0.2, 0) is 11.3 Å². The molecule has 1 aromatic rings. The summed E-state index contributed by atoms with van der Waals surface area (Å²) in [7, 11) is 0. The Morgan fingerprint density at radius 1 is 1.43 bits per heavy atom. The van der Waals surface area contributed by atoms with Gasteiger partial charge in [0.25, 0.3) is 0 Å². The fraction of sp³-hybridized carbons (Fsp3) is 0.600. The molecule has 0 atom stereocenters. The maximum absolute atomic E-state index is 8.91. The van der Waals surface area contributed by atoms with Crippen LogP contribution in [0, 0.1) is 0 Å². The second-order valence-corrected chi connectivity index (χ2v) is 3.44. The van der Waals surface area contributed by atoms with Crippen LogP contribution in [-0.4, -0.2) is 28.3 Å². The second-order valence-electron chi connectivity index (χ2n) is 3.44. The summed E-state index contributed by atoms with van der Waals surface area (Å²) in [5.74, 6) is 0.978. The zero-order valence-corrected chi connectivity index (χ0v) is 8.02. The average molecular weight is 194 g/mol. The summed E-state index contributed by atoms with van der Waals surface area (Å²) in [5.41, 5.74) is 1.03. The largest absolute Gasteiger partial charge is 0.388 e. The average Bonchev–Trinajstić information content (AvgIpc) is 2.30. The predicted molar refractivity (Wildman–Crippen MR) is 50.7 cm³/mol. The molecule has 1 N–H and O–H groups in total. The van der Waals surface area contributed by atoms with Crippen molar-refractivity contribution >= 4 is 0 Å². The molecule has 1 aliphatic heterocycles. The summed E-state index contributed by atoms with van der Waals surface area (Å²) in [6.07, 6.45) is 3.74. The minimum absolute atomic E-state index is 0.0863. The zero-order valence-electron chi connectivity index (χ0n) is 8.02. The van der Waals surface area contributed by atoms with E-state index >= 15 is 0 Å². The molecule has 0 amide bonds. The lowest BCUT2D eigenvalue weighted by Gasteiger charge is -2.21. The van der Waals surface area contributed by atoms with Gasteiger partial charge < -0.3 is 9.84 Å². The molecule has 0 bridgehead atoms. The molecule has 0 spiro atoms. The maximum Gasteiger partial charge on any atom is 0.153 e. The first-order valence-corrected chi connectivity index (χ1v) is 4.90. The molecule has 4 heteroatoms. The summed E-state index contributed by atoms with van der Waals surface area (Å²) in [5, 5.41) is 8.91. The summed E-state index contributed by atoms with van der Waals surface area (Å²) in [4.78, 5) is 8.26. The van der Waals surface area contributed by atoms with Crippen molar-refractivity contribution in [2.24, 2.45) is 0 Å². The quantitative estimate of drug-likeness (QED) is 0.758. The molecule has 0 saturated carbocycles. The Balaban J connectivity index is 2.13. The van der Waals surface area contributed by atoms with Gasteiger partial charge in [-0.15, -0.1) is 0 Å². The number of hydrogen-bond donors (Lipinski definition) is 1. The Kier molecular flexibility index (Phi) is 3.06. The molecule has 2 rings (SSSR count). The van der Waals surface area contributed by atoms with Gasteiger partial charge in [-0.25, -0.2) is 9.97 Å². The summed E-state index contributed by atoms with van der Waals surface area (Å²) >= 11 is 0. The number of aliphatic hydroxyl groups is 1. The minimum Gasteiger partial charge on any atom is -0.388 e.